The maximum absolute atomic E-state index is 11.3. The zero-order valence-corrected chi connectivity index (χ0v) is 13.1. The van der Waals surface area contributed by atoms with Crippen LogP contribution in [0, 0.1) is 0 Å². The summed E-state index contributed by atoms with van der Waals surface area (Å²) in [5.41, 5.74) is 1.05. The molecule has 0 aliphatic rings. The molecule has 0 radical (unpaired) electrons. The van der Waals surface area contributed by atoms with Gasteiger partial charge in [-0.25, -0.2) is 0 Å². The number of halogens is 2. The van der Waals surface area contributed by atoms with E-state index in [0.717, 1.165) is 27.6 Å². The highest BCUT2D eigenvalue weighted by Gasteiger charge is 2.03. The highest BCUT2D eigenvalue weighted by molar-refractivity contribution is 9.11. The van der Waals surface area contributed by atoms with Gasteiger partial charge >= 0.3 is 0 Å². The summed E-state index contributed by atoms with van der Waals surface area (Å²) in [6, 6.07) is 5.98. The fourth-order valence-electron chi connectivity index (χ4n) is 1.32. The molecule has 0 aliphatic heterocycles. The van der Waals surface area contributed by atoms with E-state index in [2.05, 4.69) is 37.2 Å². The molecule has 0 aliphatic carbocycles. The quantitative estimate of drug-likeness (QED) is 0.812. The SMILES string of the molecule is CN(C)C(=O)CCCNc1ccc(Br)cc1Br. The van der Waals surface area contributed by atoms with Crippen LogP contribution in [0.2, 0.25) is 0 Å². The van der Waals surface area contributed by atoms with E-state index in [0.29, 0.717) is 6.42 Å². The van der Waals surface area contributed by atoms with Crippen molar-refractivity contribution in [1.82, 2.24) is 4.90 Å². The maximum Gasteiger partial charge on any atom is 0.222 e. The minimum atomic E-state index is 0.168. The average molecular weight is 364 g/mol. The van der Waals surface area contributed by atoms with Gasteiger partial charge in [-0.2, -0.15) is 0 Å². The van der Waals surface area contributed by atoms with Gasteiger partial charge in [0.25, 0.3) is 0 Å². The Kier molecular flexibility index (Phi) is 5.98. The first kappa shape index (κ1) is 14.5. The van der Waals surface area contributed by atoms with Crippen LogP contribution in [-0.4, -0.2) is 31.4 Å². The van der Waals surface area contributed by atoms with E-state index in [4.69, 9.17) is 0 Å². The van der Waals surface area contributed by atoms with Crippen LogP contribution in [0.4, 0.5) is 5.69 Å². The Morgan fingerprint density at radius 2 is 2.06 bits per heavy atom. The molecule has 0 aromatic heterocycles. The zero-order valence-electron chi connectivity index (χ0n) is 9.96. The molecule has 0 fully saturated rings. The van der Waals surface area contributed by atoms with Crippen LogP contribution in [0.3, 0.4) is 0 Å². The standard InChI is InChI=1S/C12H16Br2N2O/c1-16(2)12(17)4-3-7-15-11-6-5-9(13)8-10(11)14/h5-6,8,15H,3-4,7H2,1-2H3. The lowest BCUT2D eigenvalue weighted by Gasteiger charge is -2.11. The Bertz CT molecular complexity index is 394. The van der Waals surface area contributed by atoms with Gasteiger partial charge in [0.15, 0.2) is 0 Å². The van der Waals surface area contributed by atoms with Crippen LogP contribution < -0.4 is 5.32 Å². The highest BCUT2D eigenvalue weighted by atomic mass is 79.9. The Labute approximate surface area is 119 Å². The molecule has 94 valence electrons. The van der Waals surface area contributed by atoms with Crippen LogP contribution >= 0.6 is 31.9 Å². The van der Waals surface area contributed by atoms with Gasteiger partial charge in [0.2, 0.25) is 5.91 Å². The van der Waals surface area contributed by atoms with Gasteiger partial charge in [0.1, 0.15) is 0 Å². The lowest BCUT2D eigenvalue weighted by molar-refractivity contribution is -0.128. The Morgan fingerprint density at radius 3 is 2.65 bits per heavy atom. The lowest BCUT2D eigenvalue weighted by Crippen LogP contribution is -2.22. The Hall–Kier alpha value is -0.550. The lowest BCUT2D eigenvalue weighted by atomic mass is 10.2. The van der Waals surface area contributed by atoms with Crippen LogP contribution in [0.15, 0.2) is 27.1 Å². The Balaban J connectivity index is 2.34. The van der Waals surface area contributed by atoms with Crippen molar-refractivity contribution in [3.8, 4) is 0 Å². The molecule has 1 amide bonds. The predicted octanol–water partition coefficient (Wildman–Crippen LogP) is 3.49. The average Bonchev–Trinajstić information content (AvgIpc) is 2.26. The number of hydrogen-bond donors (Lipinski definition) is 1. The molecular formula is C12H16Br2N2O. The fraction of sp³-hybridized carbons (Fsp3) is 0.417. The third kappa shape index (κ3) is 5.08. The molecule has 0 heterocycles. The number of nitrogens with one attached hydrogen (secondary N) is 1. The van der Waals surface area contributed by atoms with Gasteiger partial charge < -0.3 is 10.2 Å². The van der Waals surface area contributed by atoms with Crippen molar-refractivity contribution in [3.05, 3.63) is 27.1 Å². The molecule has 3 nitrogen and oxygen atoms in total. The highest BCUT2D eigenvalue weighted by Crippen LogP contribution is 2.25. The van der Waals surface area contributed by atoms with Crippen molar-refractivity contribution < 1.29 is 4.79 Å². The molecule has 0 bridgehead atoms. The number of amides is 1. The van der Waals surface area contributed by atoms with Crippen molar-refractivity contribution in [2.75, 3.05) is 26.0 Å². The van der Waals surface area contributed by atoms with E-state index in [9.17, 15) is 4.79 Å². The number of nitrogens with zero attached hydrogens (tertiary/aromatic N) is 1. The summed E-state index contributed by atoms with van der Waals surface area (Å²) in [6.45, 7) is 0.791. The van der Waals surface area contributed by atoms with Gasteiger partial charge in [0.05, 0.1) is 0 Å². The van der Waals surface area contributed by atoms with Crippen molar-refractivity contribution in [2.45, 2.75) is 12.8 Å². The molecule has 5 heteroatoms. The fourth-order valence-corrected chi connectivity index (χ4v) is 2.51. The number of hydrogen-bond acceptors (Lipinski definition) is 2. The molecule has 0 saturated carbocycles. The second-order valence-corrected chi connectivity index (χ2v) is 5.71. The van der Waals surface area contributed by atoms with E-state index >= 15 is 0 Å². The number of carbonyl (C=O) groups is 1. The second-order valence-electron chi connectivity index (χ2n) is 3.94. The van der Waals surface area contributed by atoms with E-state index in [1.807, 2.05) is 18.2 Å². The van der Waals surface area contributed by atoms with Gasteiger partial charge in [-0.1, -0.05) is 15.9 Å². The maximum atomic E-state index is 11.3. The smallest absolute Gasteiger partial charge is 0.222 e. The van der Waals surface area contributed by atoms with Crippen molar-refractivity contribution >= 4 is 43.5 Å². The topological polar surface area (TPSA) is 32.3 Å². The largest absolute Gasteiger partial charge is 0.384 e. The van der Waals surface area contributed by atoms with Gasteiger partial charge in [-0.15, -0.1) is 0 Å². The summed E-state index contributed by atoms with van der Waals surface area (Å²) in [5.74, 6) is 0.168. The molecule has 0 spiro atoms. The summed E-state index contributed by atoms with van der Waals surface area (Å²) in [4.78, 5) is 13.0. The summed E-state index contributed by atoms with van der Waals surface area (Å²) in [6.07, 6.45) is 1.41. The summed E-state index contributed by atoms with van der Waals surface area (Å²) in [5, 5.41) is 3.30. The molecule has 1 aromatic rings. The summed E-state index contributed by atoms with van der Waals surface area (Å²) >= 11 is 6.89. The number of benzene rings is 1. The molecular weight excluding hydrogens is 348 g/mol. The van der Waals surface area contributed by atoms with E-state index in [1.54, 1.807) is 19.0 Å². The molecule has 1 rings (SSSR count). The third-order valence-electron chi connectivity index (χ3n) is 2.31. The second kappa shape index (κ2) is 7.01. The number of rotatable bonds is 5. The first-order valence-electron chi connectivity index (χ1n) is 5.40. The van der Waals surface area contributed by atoms with Crippen molar-refractivity contribution in [2.24, 2.45) is 0 Å². The van der Waals surface area contributed by atoms with Crippen LogP contribution in [0.5, 0.6) is 0 Å². The third-order valence-corrected chi connectivity index (χ3v) is 3.46. The van der Waals surface area contributed by atoms with Gasteiger partial charge in [-0.05, 0) is 40.5 Å². The van der Waals surface area contributed by atoms with E-state index in [1.165, 1.54) is 0 Å². The first-order valence-corrected chi connectivity index (χ1v) is 6.98. The van der Waals surface area contributed by atoms with Crippen molar-refractivity contribution in [1.29, 1.82) is 0 Å². The number of carbonyl (C=O) groups excluding carboxylic acids is 1. The first-order chi connectivity index (χ1) is 8.00. The molecule has 1 N–H and O–H groups in total. The number of anilines is 1. The van der Waals surface area contributed by atoms with Crippen LogP contribution in [0.25, 0.3) is 0 Å². The van der Waals surface area contributed by atoms with Crippen molar-refractivity contribution in [3.63, 3.8) is 0 Å². The minimum absolute atomic E-state index is 0.168. The van der Waals surface area contributed by atoms with Crippen LogP contribution in [-0.2, 0) is 4.79 Å². The van der Waals surface area contributed by atoms with E-state index < -0.39 is 0 Å². The predicted molar refractivity (Wildman–Crippen MR) is 78.3 cm³/mol. The summed E-state index contributed by atoms with van der Waals surface area (Å²) < 4.78 is 2.06. The van der Waals surface area contributed by atoms with Gasteiger partial charge in [0, 0.05) is 41.7 Å². The van der Waals surface area contributed by atoms with Crippen LogP contribution in [0.1, 0.15) is 12.8 Å². The minimum Gasteiger partial charge on any atom is -0.384 e. The zero-order chi connectivity index (χ0) is 12.8. The monoisotopic (exact) mass is 362 g/mol. The Morgan fingerprint density at radius 1 is 1.35 bits per heavy atom. The molecule has 17 heavy (non-hydrogen) atoms. The normalized spacial score (nSPS) is 10.1. The summed E-state index contributed by atoms with van der Waals surface area (Å²) in [7, 11) is 3.56. The molecule has 1 aromatic carbocycles. The molecule has 0 saturated heterocycles. The molecule has 0 atom stereocenters. The molecule has 0 unspecified atom stereocenters. The van der Waals surface area contributed by atoms with E-state index in [-0.39, 0.29) is 5.91 Å². The van der Waals surface area contributed by atoms with Gasteiger partial charge in [-0.3, -0.25) is 4.79 Å².